The summed E-state index contributed by atoms with van der Waals surface area (Å²) in [5.41, 5.74) is 8.66. The number of aryl methyl sites for hydroxylation is 2. The first-order valence-electron chi connectivity index (χ1n) is 6.71. The van der Waals surface area contributed by atoms with Gasteiger partial charge >= 0.3 is 0 Å². The Hall–Kier alpha value is -1.20. The van der Waals surface area contributed by atoms with E-state index < -0.39 is 0 Å². The SMILES string of the molecule is Cc1cc(C)c(C(N)=S)c(NCC2CCCCO2)n1. The zero-order chi connectivity index (χ0) is 13.8. The van der Waals surface area contributed by atoms with Crippen molar-refractivity contribution in [2.24, 2.45) is 5.73 Å². The van der Waals surface area contributed by atoms with Gasteiger partial charge in [-0.1, -0.05) is 12.2 Å². The van der Waals surface area contributed by atoms with E-state index in [9.17, 15) is 0 Å². The van der Waals surface area contributed by atoms with Crippen LogP contribution in [0.2, 0.25) is 0 Å². The zero-order valence-electron chi connectivity index (χ0n) is 11.5. The molecule has 0 spiro atoms. The van der Waals surface area contributed by atoms with E-state index in [1.165, 1.54) is 6.42 Å². The lowest BCUT2D eigenvalue weighted by Gasteiger charge is -2.23. The summed E-state index contributed by atoms with van der Waals surface area (Å²) >= 11 is 5.12. The zero-order valence-corrected chi connectivity index (χ0v) is 12.3. The van der Waals surface area contributed by atoms with E-state index in [4.69, 9.17) is 22.7 Å². The van der Waals surface area contributed by atoms with Crippen molar-refractivity contribution in [1.82, 2.24) is 4.98 Å². The van der Waals surface area contributed by atoms with Crippen LogP contribution in [0.25, 0.3) is 0 Å². The third-order valence-electron chi connectivity index (χ3n) is 3.36. The molecule has 1 aromatic rings. The van der Waals surface area contributed by atoms with Gasteiger partial charge in [-0.3, -0.25) is 0 Å². The number of nitrogens with two attached hydrogens (primary N) is 1. The van der Waals surface area contributed by atoms with Gasteiger partial charge in [0.25, 0.3) is 0 Å². The van der Waals surface area contributed by atoms with Crippen LogP contribution < -0.4 is 11.1 Å². The Morgan fingerprint density at radius 1 is 1.53 bits per heavy atom. The predicted molar refractivity (Wildman–Crippen MR) is 81.7 cm³/mol. The minimum atomic E-state index is 0.260. The second-order valence-corrected chi connectivity index (χ2v) is 5.48. The second-order valence-electron chi connectivity index (χ2n) is 5.04. The van der Waals surface area contributed by atoms with Crippen LogP contribution in [-0.2, 0) is 4.74 Å². The normalized spacial score (nSPS) is 19.2. The Morgan fingerprint density at radius 3 is 2.95 bits per heavy atom. The highest BCUT2D eigenvalue weighted by Gasteiger charge is 2.16. The largest absolute Gasteiger partial charge is 0.389 e. The lowest BCUT2D eigenvalue weighted by Crippen LogP contribution is -2.28. The summed E-state index contributed by atoms with van der Waals surface area (Å²) in [6, 6.07) is 2.00. The fraction of sp³-hybridized carbons (Fsp3) is 0.571. The Morgan fingerprint density at radius 2 is 2.32 bits per heavy atom. The summed E-state index contributed by atoms with van der Waals surface area (Å²) in [5, 5.41) is 3.34. The molecular formula is C14H21N3OS. The molecule has 5 heteroatoms. The van der Waals surface area contributed by atoms with Crippen LogP contribution in [-0.4, -0.2) is 29.2 Å². The first kappa shape index (κ1) is 14.2. The van der Waals surface area contributed by atoms with Gasteiger partial charge in [-0.15, -0.1) is 0 Å². The van der Waals surface area contributed by atoms with Gasteiger partial charge in [0, 0.05) is 18.8 Å². The highest BCUT2D eigenvalue weighted by Crippen LogP contribution is 2.20. The van der Waals surface area contributed by atoms with E-state index in [0.717, 1.165) is 48.6 Å². The monoisotopic (exact) mass is 279 g/mol. The van der Waals surface area contributed by atoms with Crippen molar-refractivity contribution in [1.29, 1.82) is 0 Å². The van der Waals surface area contributed by atoms with Crippen LogP contribution in [0.3, 0.4) is 0 Å². The van der Waals surface area contributed by atoms with Gasteiger partial charge in [0.15, 0.2) is 0 Å². The molecule has 0 radical (unpaired) electrons. The predicted octanol–water partition coefficient (Wildman–Crippen LogP) is 2.31. The summed E-state index contributed by atoms with van der Waals surface area (Å²) in [4.78, 5) is 4.89. The van der Waals surface area contributed by atoms with Crippen molar-refractivity contribution in [3.63, 3.8) is 0 Å². The third kappa shape index (κ3) is 3.64. The molecule has 0 amide bonds. The first-order valence-corrected chi connectivity index (χ1v) is 7.12. The Bertz CT molecular complexity index is 470. The van der Waals surface area contributed by atoms with Crippen LogP contribution in [0.5, 0.6) is 0 Å². The van der Waals surface area contributed by atoms with Crippen molar-refractivity contribution in [2.75, 3.05) is 18.5 Å². The van der Waals surface area contributed by atoms with Crippen molar-refractivity contribution in [3.05, 3.63) is 22.9 Å². The molecule has 1 saturated heterocycles. The summed E-state index contributed by atoms with van der Waals surface area (Å²) in [7, 11) is 0. The molecule has 1 atom stereocenters. The van der Waals surface area contributed by atoms with Gasteiger partial charge in [-0.2, -0.15) is 0 Å². The molecule has 0 saturated carbocycles. The maximum atomic E-state index is 5.79. The summed E-state index contributed by atoms with van der Waals surface area (Å²) < 4.78 is 5.71. The molecule has 104 valence electrons. The lowest BCUT2D eigenvalue weighted by atomic mass is 10.1. The van der Waals surface area contributed by atoms with Crippen LogP contribution in [0, 0.1) is 13.8 Å². The topological polar surface area (TPSA) is 60.2 Å². The number of aromatic nitrogens is 1. The molecule has 2 heterocycles. The van der Waals surface area contributed by atoms with E-state index in [2.05, 4.69) is 10.3 Å². The summed E-state index contributed by atoms with van der Waals surface area (Å²) in [5.74, 6) is 0.777. The molecule has 1 fully saturated rings. The van der Waals surface area contributed by atoms with Crippen LogP contribution in [0.15, 0.2) is 6.07 Å². The molecule has 19 heavy (non-hydrogen) atoms. The number of hydrogen-bond acceptors (Lipinski definition) is 4. The van der Waals surface area contributed by atoms with Crippen molar-refractivity contribution in [3.8, 4) is 0 Å². The molecule has 4 nitrogen and oxygen atoms in total. The Kier molecular flexibility index (Phi) is 4.71. The molecule has 0 bridgehead atoms. The first-order chi connectivity index (χ1) is 9.08. The number of thiocarbonyl (C=S) groups is 1. The smallest absolute Gasteiger partial charge is 0.136 e. The Labute approximate surface area is 119 Å². The van der Waals surface area contributed by atoms with Gasteiger partial charge < -0.3 is 15.8 Å². The van der Waals surface area contributed by atoms with Crippen LogP contribution in [0.4, 0.5) is 5.82 Å². The molecule has 0 aromatic carbocycles. The standard InChI is InChI=1S/C14H21N3OS/c1-9-7-10(2)17-14(12(9)13(15)19)16-8-11-5-3-4-6-18-11/h7,11H,3-6,8H2,1-2H3,(H2,15,19)(H,16,17). The van der Waals surface area contributed by atoms with Gasteiger partial charge in [0.05, 0.1) is 11.7 Å². The highest BCUT2D eigenvalue weighted by atomic mass is 32.1. The maximum absolute atomic E-state index is 5.79. The fourth-order valence-corrected chi connectivity index (χ4v) is 2.71. The molecule has 1 aromatic heterocycles. The fourth-order valence-electron chi connectivity index (χ4n) is 2.45. The van der Waals surface area contributed by atoms with Gasteiger partial charge in [0.1, 0.15) is 10.8 Å². The van der Waals surface area contributed by atoms with E-state index in [0.29, 0.717) is 4.99 Å². The van der Waals surface area contributed by atoms with Gasteiger partial charge in [0.2, 0.25) is 0 Å². The van der Waals surface area contributed by atoms with E-state index in [-0.39, 0.29) is 6.10 Å². The number of rotatable bonds is 4. The Balaban J connectivity index is 2.12. The quantitative estimate of drug-likeness (QED) is 0.828. The molecule has 3 N–H and O–H groups in total. The molecule has 2 rings (SSSR count). The number of nitrogens with zero attached hydrogens (tertiary/aromatic N) is 1. The van der Waals surface area contributed by atoms with Crippen molar-refractivity contribution in [2.45, 2.75) is 39.2 Å². The number of hydrogen-bond donors (Lipinski definition) is 2. The molecule has 1 unspecified atom stereocenters. The van der Waals surface area contributed by atoms with E-state index in [1.54, 1.807) is 0 Å². The molecular weight excluding hydrogens is 258 g/mol. The average molecular weight is 279 g/mol. The minimum absolute atomic E-state index is 0.260. The number of pyridine rings is 1. The summed E-state index contributed by atoms with van der Waals surface area (Å²) in [6.07, 6.45) is 3.75. The maximum Gasteiger partial charge on any atom is 0.136 e. The van der Waals surface area contributed by atoms with Crippen molar-refractivity contribution < 1.29 is 4.74 Å². The van der Waals surface area contributed by atoms with E-state index >= 15 is 0 Å². The molecule has 1 aliphatic heterocycles. The van der Waals surface area contributed by atoms with Crippen molar-refractivity contribution >= 4 is 23.0 Å². The third-order valence-corrected chi connectivity index (χ3v) is 3.57. The van der Waals surface area contributed by atoms with Crippen LogP contribution in [0.1, 0.15) is 36.1 Å². The summed E-state index contributed by atoms with van der Waals surface area (Å²) in [6.45, 7) is 5.59. The number of ether oxygens (including phenoxy) is 1. The molecule has 1 aliphatic rings. The highest BCUT2D eigenvalue weighted by molar-refractivity contribution is 7.80. The van der Waals surface area contributed by atoms with E-state index in [1.807, 2.05) is 19.9 Å². The number of anilines is 1. The lowest BCUT2D eigenvalue weighted by molar-refractivity contribution is 0.0247. The van der Waals surface area contributed by atoms with Gasteiger partial charge in [-0.05, 0) is 44.7 Å². The molecule has 0 aliphatic carbocycles. The second kappa shape index (κ2) is 6.30. The number of nitrogens with one attached hydrogen (secondary N) is 1. The van der Waals surface area contributed by atoms with Crippen LogP contribution >= 0.6 is 12.2 Å². The average Bonchev–Trinajstić information content (AvgIpc) is 2.36. The van der Waals surface area contributed by atoms with Gasteiger partial charge in [-0.25, -0.2) is 4.98 Å². The minimum Gasteiger partial charge on any atom is -0.389 e.